The fourth-order valence-electron chi connectivity index (χ4n) is 1.75. The number of non-ortho nitro benzene ring substituents is 1. The Kier molecular flexibility index (Phi) is 3.81. The molecule has 0 saturated heterocycles. The molecular formula is C11H14N6O2. The van der Waals surface area contributed by atoms with Crippen molar-refractivity contribution in [2.45, 2.75) is 19.8 Å². The number of nitrogens with zero attached hydrogens (tertiary/aromatic N) is 5. The normalized spacial score (nSPS) is 10.6. The predicted molar refractivity (Wildman–Crippen MR) is 67.9 cm³/mol. The Morgan fingerprint density at radius 2 is 2.26 bits per heavy atom. The van der Waals surface area contributed by atoms with Gasteiger partial charge >= 0.3 is 0 Å². The highest BCUT2D eigenvalue weighted by Crippen LogP contribution is 2.21. The third-order valence-electron chi connectivity index (χ3n) is 2.77. The van der Waals surface area contributed by atoms with Gasteiger partial charge < -0.3 is 5.73 Å². The lowest BCUT2D eigenvalue weighted by atomic mass is 10.1. The van der Waals surface area contributed by atoms with E-state index in [1.165, 1.54) is 16.8 Å². The summed E-state index contributed by atoms with van der Waals surface area (Å²) in [6.07, 6.45) is 1.39. The van der Waals surface area contributed by atoms with Gasteiger partial charge in [-0.1, -0.05) is 6.07 Å². The van der Waals surface area contributed by atoms with Gasteiger partial charge in [0, 0.05) is 18.6 Å². The van der Waals surface area contributed by atoms with Crippen LogP contribution in [0, 0.1) is 17.0 Å². The van der Waals surface area contributed by atoms with E-state index in [0.717, 1.165) is 12.0 Å². The third kappa shape index (κ3) is 2.74. The van der Waals surface area contributed by atoms with Crippen LogP contribution in [-0.4, -0.2) is 31.7 Å². The van der Waals surface area contributed by atoms with Crippen LogP contribution >= 0.6 is 0 Å². The van der Waals surface area contributed by atoms with E-state index in [9.17, 15) is 10.1 Å². The molecule has 19 heavy (non-hydrogen) atoms. The molecule has 1 aromatic heterocycles. The topological polar surface area (TPSA) is 113 Å². The van der Waals surface area contributed by atoms with Crippen molar-refractivity contribution in [2.75, 3.05) is 6.54 Å². The van der Waals surface area contributed by atoms with E-state index in [4.69, 9.17) is 5.73 Å². The summed E-state index contributed by atoms with van der Waals surface area (Å²) in [6, 6.07) is 4.61. The van der Waals surface area contributed by atoms with E-state index < -0.39 is 4.92 Å². The van der Waals surface area contributed by atoms with E-state index in [1.807, 2.05) is 6.92 Å². The second-order valence-corrected chi connectivity index (χ2v) is 4.13. The van der Waals surface area contributed by atoms with Crippen molar-refractivity contribution in [3.63, 3.8) is 0 Å². The van der Waals surface area contributed by atoms with Gasteiger partial charge in [-0.05, 0) is 35.9 Å². The Bertz CT molecular complexity index is 595. The number of nitrogens with two attached hydrogens (primary N) is 1. The summed E-state index contributed by atoms with van der Waals surface area (Å²) in [5.74, 6) is 0.647. The zero-order valence-electron chi connectivity index (χ0n) is 10.5. The maximum Gasteiger partial charge on any atom is 0.271 e. The molecule has 0 bridgehead atoms. The molecule has 2 rings (SSSR count). The molecule has 8 heteroatoms. The van der Waals surface area contributed by atoms with Crippen molar-refractivity contribution in [3.05, 3.63) is 39.7 Å². The molecule has 1 aromatic carbocycles. The van der Waals surface area contributed by atoms with Gasteiger partial charge in [-0.15, -0.1) is 5.10 Å². The minimum atomic E-state index is -0.438. The van der Waals surface area contributed by atoms with Gasteiger partial charge in [0.2, 0.25) is 0 Å². The highest BCUT2D eigenvalue weighted by atomic mass is 16.6. The van der Waals surface area contributed by atoms with E-state index in [1.54, 1.807) is 6.07 Å². The lowest BCUT2D eigenvalue weighted by molar-refractivity contribution is -0.384. The molecule has 0 amide bonds. The molecule has 0 unspecified atom stereocenters. The fraction of sp³-hybridized carbons (Fsp3) is 0.364. The Labute approximate surface area is 109 Å². The summed E-state index contributed by atoms with van der Waals surface area (Å²) in [7, 11) is 0. The molecule has 0 aliphatic carbocycles. The van der Waals surface area contributed by atoms with Crippen LogP contribution in [0.1, 0.15) is 17.8 Å². The van der Waals surface area contributed by atoms with Crippen LogP contribution < -0.4 is 5.73 Å². The first-order valence-corrected chi connectivity index (χ1v) is 5.86. The number of hydrogen-bond donors (Lipinski definition) is 1. The standard InChI is InChI=1S/C11H14N6O2/c1-8-4-5-9(17(18)19)7-10(8)16-11(3-2-6-12)13-14-15-16/h4-5,7H,2-3,6,12H2,1H3. The summed E-state index contributed by atoms with van der Waals surface area (Å²) >= 11 is 0. The molecule has 0 saturated carbocycles. The number of aromatic nitrogens is 4. The molecule has 8 nitrogen and oxygen atoms in total. The van der Waals surface area contributed by atoms with Gasteiger partial charge in [0.05, 0.1) is 10.6 Å². The van der Waals surface area contributed by atoms with Gasteiger partial charge in [0.1, 0.15) is 0 Å². The summed E-state index contributed by atoms with van der Waals surface area (Å²) in [4.78, 5) is 10.4. The molecule has 0 radical (unpaired) electrons. The monoisotopic (exact) mass is 262 g/mol. The molecule has 100 valence electrons. The van der Waals surface area contributed by atoms with Gasteiger partial charge in [-0.2, -0.15) is 4.68 Å². The van der Waals surface area contributed by atoms with Gasteiger partial charge in [-0.25, -0.2) is 0 Å². The average Bonchev–Trinajstić information content (AvgIpc) is 2.84. The number of tetrazole rings is 1. The predicted octanol–water partition coefficient (Wildman–Crippen LogP) is 0.770. The van der Waals surface area contributed by atoms with Crippen molar-refractivity contribution in [1.29, 1.82) is 0 Å². The summed E-state index contributed by atoms with van der Waals surface area (Å²) in [5, 5.41) is 22.3. The maximum absolute atomic E-state index is 10.8. The lowest BCUT2D eigenvalue weighted by Crippen LogP contribution is -2.08. The number of hydrogen-bond acceptors (Lipinski definition) is 6. The smallest absolute Gasteiger partial charge is 0.271 e. The highest BCUT2D eigenvalue weighted by Gasteiger charge is 2.14. The van der Waals surface area contributed by atoms with Gasteiger partial charge in [-0.3, -0.25) is 10.1 Å². The quantitative estimate of drug-likeness (QED) is 0.629. The number of rotatable bonds is 5. The molecule has 0 aliphatic heterocycles. The van der Waals surface area contributed by atoms with E-state index in [0.29, 0.717) is 24.5 Å². The number of aryl methyl sites for hydroxylation is 2. The van der Waals surface area contributed by atoms with Crippen LogP contribution in [0.15, 0.2) is 18.2 Å². The van der Waals surface area contributed by atoms with E-state index in [-0.39, 0.29) is 5.69 Å². The van der Waals surface area contributed by atoms with Crippen LogP contribution in [0.2, 0.25) is 0 Å². The Morgan fingerprint density at radius 1 is 1.47 bits per heavy atom. The molecule has 2 N–H and O–H groups in total. The number of nitro groups is 1. The van der Waals surface area contributed by atoms with Crippen LogP contribution in [0.3, 0.4) is 0 Å². The van der Waals surface area contributed by atoms with Crippen molar-refractivity contribution in [3.8, 4) is 5.69 Å². The fourth-order valence-corrected chi connectivity index (χ4v) is 1.75. The Morgan fingerprint density at radius 3 is 2.95 bits per heavy atom. The minimum Gasteiger partial charge on any atom is -0.330 e. The zero-order chi connectivity index (χ0) is 13.8. The number of benzene rings is 1. The van der Waals surface area contributed by atoms with E-state index in [2.05, 4.69) is 15.5 Å². The van der Waals surface area contributed by atoms with Gasteiger partial charge in [0.25, 0.3) is 5.69 Å². The largest absolute Gasteiger partial charge is 0.330 e. The minimum absolute atomic E-state index is 0.0147. The van der Waals surface area contributed by atoms with Crippen LogP contribution in [-0.2, 0) is 6.42 Å². The third-order valence-corrected chi connectivity index (χ3v) is 2.77. The van der Waals surface area contributed by atoms with Crippen molar-refractivity contribution >= 4 is 5.69 Å². The summed E-state index contributed by atoms with van der Waals surface area (Å²) in [5.41, 5.74) is 6.96. The first kappa shape index (κ1) is 13.1. The zero-order valence-corrected chi connectivity index (χ0v) is 10.5. The van der Waals surface area contributed by atoms with Crippen molar-refractivity contribution in [1.82, 2.24) is 20.2 Å². The van der Waals surface area contributed by atoms with Crippen molar-refractivity contribution < 1.29 is 4.92 Å². The maximum atomic E-state index is 10.8. The molecule has 0 atom stereocenters. The van der Waals surface area contributed by atoms with Crippen LogP contribution in [0.25, 0.3) is 5.69 Å². The number of nitro benzene ring substituents is 1. The molecule has 0 fully saturated rings. The molecule has 0 spiro atoms. The molecule has 2 aromatic rings. The Hall–Kier alpha value is -2.35. The molecular weight excluding hydrogens is 248 g/mol. The highest BCUT2D eigenvalue weighted by molar-refractivity contribution is 5.48. The second-order valence-electron chi connectivity index (χ2n) is 4.13. The molecule has 1 heterocycles. The lowest BCUT2D eigenvalue weighted by Gasteiger charge is -2.07. The van der Waals surface area contributed by atoms with Gasteiger partial charge in [0.15, 0.2) is 5.82 Å². The van der Waals surface area contributed by atoms with Crippen LogP contribution in [0.5, 0.6) is 0 Å². The van der Waals surface area contributed by atoms with E-state index >= 15 is 0 Å². The average molecular weight is 262 g/mol. The summed E-state index contributed by atoms with van der Waals surface area (Å²) in [6.45, 7) is 2.40. The summed E-state index contributed by atoms with van der Waals surface area (Å²) < 4.78 is 1.53. The molecule has 0 aliphatic rings. The first-order valence-electron chi connectivity index (χ1n) is 5.86. The second kappa shape index (κ2) is 5.53. The van der Waals surface area contributed by atoms with Crippen molar-refractivity contribution in [2.24, 2.45) is 5.73 Å². The Balaban J connectivity index is 2.43. The first-order chi connectivity index (χ1) is 9.13. The SMILES string of the molecule is Cc1ccc([N+](=O)[O-])cc1-n1nnnc1CCCN. The van der Waals surface area contributed by atoms with Crippen LogP contribution in [0.4, 0.5) is 5.69 Å².